The van der Waals surface area contributed by atoms with Crippen molar-refractivity contribution in [3.8, 4) is 17.2 Å². The number of rotatable bonds is 6. The number of ether oxygens (including phenoxy) is 3. The van der Waals surface area contributed by atoms with Crippen LogP contribution in [0.25, 0.3) is 10.8 Å². The zero-order valence-electron chi connectivity index (χ0n) is 16.3. The molecule has 0 fully saturated rings. The van der Waals surface area contributed by atoms with E-state index in [2.05, 4.69) is 22.0 Å². The van der Waals surface area contributed by atoms with Gasteiger partial charge in [-0.3, -0.25) is 4.79 Å². The van der Waals surface area contributed by atoms with Crippen LogP contribution in [0.15, 0.2) is 53.0 Å². The quantitative estimate of drug-likeness (QED) is 0.543. The molecule has 0 unspecified atom stereocenters. The number of methoxy groups -OCH3 is 3. The van der Waals surface area contributed by atoms with E-state index in [4.69, 9.17) is 14.2 Å². The molecule has 0 radical (unpaired) electrons. The Balaban J connectivity index is 1.86. The fourth-order valence-corrected chi connectivity index (χ4v) is 3.70. The molecule has 3 aromatic carbocycles. The summed E-state index contributed by atoms with van der Waals surface area (Å²) in [6, 6.07) is 15.5. The van der Waals surface area contributed by atoms with E-state index in [1.807, 2.05) is 30.3 Å². The van der Waals surface area contributed by atoms with Gasteiger partial charge >= 0.3 is 0 Å². The van der Waals surface area contributed by atoms with E-state index in [0.717, 1.165) is 22.1 Å². The molecule has 6 heteroatoms. The summed E-state index contributed by atoms with van der Waals surface area (Å²) in [5.74, 6) is 1.75. The summed E-state index contributed by atoms with van der Waals surface area (Å²) in [5.41, 5.74) is 1.48. The summed E-state index contributed by atoms with van der Waals surface area (Å²) in [7, 11) is 6.53. The summed E-state index contributed by atoms with van der Waals surface area (Å²) in [6.45, 7) is 0.471. The van der Waals surface area contributed by atoms with Crippen molar-refractivity contribution in [3.05, 3.63) is 64.1 Å². The Bertz CT molecular complexity index is 1020. The average Bonchev–Trinajstić information content (AvgIpc) is 2.71. The summed E-state index contributed by atoms with van der Waals surface area (Å²) in [6.07, 6.45) is 0. The third-order valence-corrected chi connectivity index (χ3v) is 5.15. The van der Waals surface area contributed by atoms with Crippen LogP contribution in [0.5, 0.6) is 17.2 Å². The van der Waals surface area contributed by atoms with Gasteiger partial charge in [0.1, 0.15) is 17.2 Å². The zero-order chi connectivity index (χ0) is 20.3. The molecule has 0 atom stereocenters. The molecule has 3 rings (SSSR count). The second-order valence-corrected chi connectivity index (χ2v) is 7.25. The molecule has 0 aliphatic heterocycles. The second kappa shape index (κ2) is 8.52. The Morgan fingerprint density at radius 1 is 0.893 bits per heavy atom. The Hall–Kier alpha value is -2.73. The first-order chi connectivity index (χ1) is 13.5. The van der Waals surface area contributed by atoms with Gasteiger partial charge in [-0.25, -0.2) is 0 Å². The van der Waals surface area contributed by atoms with Crippen LogP contribution in [0.3, 0.4) is 0 Å². The monoisotopic (exact) mass is 443 g/mol. The number of nitrogens with zero attached hydrogens (tertiary/aromatic N) is 1. The lowest BCUT2D eigenvalue weighted by molar-refractivity contribution is 0.0781. The standard InChI is InChI=1S/C22H22BrNO4/c1-24(22(25)19-11-18(27-3)12-20(23)21(19)28-4)13-14-5-6-16-10-17(26-2)8-7-15(16)9-14/h5-12H,13H2,1-4H3. The largest absolute Gasteiger partial charge is 0.497 e. The first-order valence-electron chi connectivity index (χ1n) is 8.70. The van der Waals surface area contributed by atoms with Gasteiger partial charge < -0.3 is 19.1 Å². The second-order valence-electron chi connectivity index (χ2n) is 6.40. The fraction of sp³-hybridized carbons (Fsp3) is 0.227. The highest BCUT2D eigenvalue weighted by atomic mass is 79.9. The third kappa shape index (κ3) is 4.07. The van der Waals surface area contributed by atoms with Crippen molar-refractivity contribution in [3.63, 3.8) is 0 Å². The van der Waals surface area contributed by atoms with Gasteiger partial charge in [-0.15, -0.1) is 0 Å². The molecule has 0 aliphatic rings. The molecule has 28 heavy (non-hydrogen) atoms. The highest BCUT2D eigenvalue weighted by Crippen LogP contribution is 2.34. The number of carbonyl (C=O) groups is 1. The number of amides is 1. The van der Waals surface area contributed by atoms with Gasteiger partial charge in [-0.2, -0.15) is 0 Å². The molecule has 0 saturated heterocycles. The minimum absolute atomic E-state index is 0.147. The molecule has 0 saturated carbocycles. The zero-order valence-corrected chi connectivity index (χ0v) is 17.9. The molecular weight excluding hydrogens is 422 g/mol. The van der Waals surface area contributed by atoms with E-state index in [9.17, 15) is 4.79 Å². The smallest absolute Gasteiger partial charge is 0.257 e. The number of carbonyl (C=O) groups excluding carboxylic acids is 1. The Morgan fingerprint density at radius 2 is 1.57 bits per heavy atom. The molecule has 0 aromatic heterocycles. The van der Waals surface area contributed by atoms with E-state index in [1.54, 1.807) is 45.4 Å². The summed E-state index contributed by atoms with van der Waals surface area (Å²) < 4.78 is 16.6. The average molecular weight is 444 g/mol. The van der Waals surface area contributed by atoms with Gasteiger partial charge in [0.25, 0.3) is 5.91 Å². The van der Waals surface area contributed by atoms with Crippen molar-refractivity contribution in [2.24, 2.45) is 0 Å². The SMILES string of the molecule is COc1cc(Br)c(OC)c(C(=O)N(C)Cc2ccc3cc(OC)ccc3c2)c1. The lowest BCUT2D eigenvalue weighted by atomic mass is 10.1. The van der Waals surface area contributed by atoms with Crippen LogP contribution < -0.4 is 14.2 Å². The van der Waals surface area contributed by atoms with E-state index >= 15 is 0 Å². The normalized spacial score (nSPS) is 10.6. The minimum Gasteiger partial charge on any atom is -0.497 e. The first kappa shape index (κ1) is 20.0. The number of hydrogen-bond donors (Lipinski definition) is 0. The minimum atomic E-state index is -0.147. The van der Waals surface area contributed by atoms with Gasteiger partial charge in [0.15, 0.2) is 0 Å². The van der Waals surface area contributed by atoms with Crippen molar-refractivity contribution in [2.45, 2.75) is 6.54 Å². The van der Waals surface area contributed by atoms with Gasteiger partial charge in [-0.1, -0.05) is 18.2 Å². The first-order valence-corrected chi connectivity index (χ1v) is 9.49. The van der Waals surface area contributed by atoms with Crippen LogP contribution >= 0.6 is 15.9 Å². The molecule has 146 valence electrons. The van der Waals surface area contributed by atoms with E-state index in [-0.39, 0.29) is 5.91 Å². The van der Waals surface area contributed by atoms with Crippen LogP contribution in [0, 0.1) is 0 Å². The fourth-order valence-electron chi connectivity index (χ4n) is 3.10. The maximum absolute atomic E-state index is 13.0. The lowest BCUT2D eigenvalue weighted by Gasteiger charge is -2.20. The Morgan fingerprint density at radius 3 is 2.25 bits per heavy atom. The van der Waals surface area contributed by atoms with Crippen LogP contribution in [-0.2, 0) is 6.54 Å². The summed E-state index contributed by atoms with van der Waals surface area (Å²) in [4.78, 5) is 14.7. The molecule has 0 aliphatic carbocycles. The number of fused-ring (bicyclic) bond motifs is 1. The predicted molar refractivity (Wildman–Crippen MR) is 114 cm³/mol. The summed E-state index contributed by atoms with van der Waals surface area (Å²) >= 11 is 3.44. The van der Waals surface area contributed by atoms with Crippen molar-refractivity contribution in [1.82, 2.24) is 4.90 Å². The molecule has 0 spiro atoms. The van der Waals surface area contributed by atoms with Crippen molar-refractivity contribution >= 4 is 32.6 Å². The lowest BCUT2D eigenvalue weighted by Crippen LogP contribution is -2.26. The van der Waals surface area contributed by atoms with Crippen molar-refractivity contribution in [2.75, 3.05) is 28.4 Å². The molecule has 0 heterocycles. The molecule has 0 bridgehead atoms. The molecule has 0 N–H and O–H groups in total. The highest BCUT2D eigenvalue weighted by molar-refractivity contribution is 9.10. The van der Waals surface area contributed by atoms with Gasteiger partial charge in [-0.05, 0) is 62.6 Å². The molecule has 1 amide bonds. The Labute approximate surface area is 172 Å². The number of hydrogen-bond acceptors (Lipinski definition) is 4. The predicted octanol–water partition coefficient (Wildman–Crippen LogP) is 4.90. The Kier molecular flexibility index (Phi) is 6.09. The van der Waals surface area contributed by atoms with Gasteiger partial charge in [0.05, 0.1) is 31.4 Å². The number of halogens is 1. The maximum atomic E-state index is 13.0. The highest BCUT2D eigenvalue weighted by Gasteiger charge is 2.20. The van der Waals surface area contributed by atoms with Crippen LogP contribution in [0.1, 0.15) is 15.9 Å². The topological polar surface area (TPSA) is 48.0 Å². The van der Waals surface area contributed by atoms with E-state index < -0.39 is 0 Å². The summed E-state index contributed by atoms with van der Waals surface area (Å²) in [5, 5.41) is 2.19. The maximum Gasteiger partial charge on any atom is 0.257 e. The van der Waals surface area contributed by atoms with Gasteiger partial charge in [0, 0.05) is 13.6 Å². The van der Waals surface area contributed by atoms with Gasteiger partial charge in [0.2, 0.25) is 0 Å². The van der Waals surface area contributed by atoms with Crippen molar-refractivity contribution < 1.29 is 19.0 Å². The van der Waals surface area contributed by atoms with E-state index in [1.165, 1.54) is 0 Å². The molecule has 3 aromatic rings. The molecular formula is C22H22BrNO4. The van der Waals surface area contributed by atoms with Crippen LogP contribution in [0.4, 0.5) is 0 Å². The molecule has 5 nitrogen and oxygen atoms in total. The number of benzene rings is 3. The van der Waals surface area contributed by atoms with Crippen molar-refractivity contribution in [1.29, 1.82) is 0 Å². The third-order valence-electron chi connectivity index (χ3n) is 4.57. The van der Waals surface area contributed by atoms with Crippen LogP contribution in [0.2, 0.25) is 0 Å². The van der Waals surface area contributed by atoms with E-state index in [0.29, 0.717) is 28.1 Å². The van der Waals surface area contributed by atoms with Crippen LogP contribution in [-0.4, -0.2) is 39.2 Å².